The fraction of sp³-hybridized carbons (Fsp3) is 1.00. The van der Waals surface area contributed by atoms with Crippen LogP contribution in [0.4, 0.5) is 0 Å². The van der Waals surface area contributed by atoms with Crippen molar-refractivity contribution in [2.45, 2.75) is 71.1 Å². The summed E-state index contributed by atoms with van der Waals surface area (Å²) in [5, 5.41) is 3.63. The van der Waals surface area contributed by atoms with Gasteiger partial charge in [0.1, 0.15) is 0 Å². The first-order valence-corrected chi connectivity index (χ1v) is 6.94. The molecule has 1 heterocycles. The molecule has 4 unspecified atom stereocenters. The average Bonchev–Trinajstić information content (AvgIpc) is 2.24. The molecule has 2 fully saturated rings. The van der Waals surface area contributed by atoms with Gasteiger partial charge in [-0.1, -0.05) is 20.3 Å². The summed E-state index contributed by atoms with van der Waals surface area (Å²) < 4.78 is 6.34. The maximum absolute atomic E-state index is 6.34. The van der Waals surface area contributed by atoms with Crippen LogP contribution in [0.5, 0.6) is 0 Å². The van der Waals surface area contributed by atoms with Gasteiger partial charge in [-0.05, 0) is 44.9 Å². The highest BCUT2D eigenvalue weighted by Crippen LogP contribution is 2.40. The van der Waals surface area contributed by atoms with Gasteiger partial charge in [0.05, 0.1) is 11.7 Å². The highest BCUT2D eigenvalue weighted by atomic mass is 16.5. The minimum atomic E-state index is 0.152. The Morgan fingerprint density at radius 2 is 2.06 bits per heavy atom. The van der Waals surface area contributed by atoms with Crippen molar-refractivity contribution in [1.82, 2.24) is 5.32 Å². The summed E-state index contributed by atoms with van der Waals surface area (Å²) >= 11 is 0. The van der Waals surface area contributed by atoms with Gasteiger partial charge in [0.2, 0.25) is 0 Å². The van der Waals surface area contributed by atoms with Crippen LogP contribution in [0.2, 0.25) is 0 Å². The standard InChI is InChI=1S/C14H27NO/c1-10(2)13-6-5-7-14(8-13)9-15-11(3)12(4)16-14/h10-13,15H,5-9H2,1-4H3. The predicted octanol–water partition coefficient (Wildman–Crippen LogP) is 2.97. The molecular formula is C14H27NO. The molecule has 94 valence electrons. The van der Waals surface area contributed by atoms with Gasteiger partial charge >= 0.3 is 0 Å². The fourth-order valence-electron chi connectivity index (χ4n) is 3.26. The van der Waals surface area contributed by atoms with E-state index in [9.17, 15) is 0 Å². The van der Waals surface area contributed by atoms with Crippen LogP contribution < -0.4 is 5.32 Å². The summed E-state index contributed by atoms with van der Waals surface area (Å²) in [6, 6.07) is 0.505. The zero-order chi connectivity index (χ0) is 11.8. The molecule has 0 aromatic rings. The van der Waals surface area contributed by atoms with Crippen molar-refractivity contribution in [2.75, 3.05) is 6.54 Å². The van der Waals surface area contributed by atoms with Gasteiger partial charge in [0.15, 0.2) is 0 Å². The minimum Gasteiger partial charge on any atom is -0.369 e. The summed E-state index contributed by atoms with van der Waals surface area (Å²) in [6.07, 6.45) is 5.60. The average molecular weight is 225 g/mol. The zero-order valence-corrected chi connectivity index (χ0v) is 11.3. The molecule has 0 radical (unpaired) electrons. The highest BCUT2D eigenvalue weighted by molar-refractivity contribution is 4.96. The Balaban J connectivity index is 2.02. The van der Waals surface area contributed by atoms with Gasteiger partial charge in [-0.3, -0.25) is 0 Å². The van der Waals surface area contributed by atoms with Crippen molar-refractivity contribution in [1.29, 1.82) is 0 Å². The third kappa shape index (κ3) is 2.43. The largest absolute Gasteiger partial charge is 0.369 e. The molecule has 2 heteroatoms. The molecule has 16 heavy (non-hydrogen) atoms. The van der Waals surface area contributed by atoms with Crippen molar-refractivity contribution < 1.29 is 4.74 Å². The van der Waals surface area contributed by atoms with E-state index in [0.717, 1.165) is 18.4 Å². The van der Waals surface area contributed by atoms with E-state index in [2.05, 4.69) is 33.0 Å². The monoisotopic (exact) mass is 225 g/mol. The van der Waals surface area contributed by atoms with Crippen molar-refractivity contribution in [3.8, 4) is 0 Å². The fourth-order valence-corrected chi connectivity index (χ4v) is 3.26. The second-order valence-electron chi connectivity index (χ2n) is 6.28. The summed E-state index contributed by atoms with van der Waals surface area (Å²) in [4.78, 5) is 0. The lowest BCUT2D eigenvalue weighted by Gasteiger charge is -2.48. The van der Waals surface area contributed by atoms with Crippen LogP contribution in [0.25, 0.3) is 0 Å². The molecule has 1 spiro atoms. The molecule has 2 rings (SSSR count). The van der Waals surface area contributed by atoms with Crippen molar-refractivity contribution in [3.63, 3.8) is 0 Å². The lowest BCUT2D eigenvalue weighted by atomic mass is 9.72. The maximum atomic E-state index is 6.34. The first-order valence-electron chi connectivity index (χ1n) is 6.94. The molecule has 0 aromatic carbocycles. The van der Waals surface area contributed by atoms with E-state index in [1.165, 1.54) is 25.7 Å². The van der Waals surface area contributed by atoms with E-state index in [-0.39, 0.29) is 5.60 Å². The van der Waals surface area contributed by atoms with Gasteiger partial charge in [-0.2, -0.15) is 0 Å². The Morgan fingerprint density at radius 1 is 1.31 bits per heavy atom. The van der Waals surface area contributed by atoms with Gasteiger partial charge in [0, 0.05) is 12.6 Å². The third-order valence-corrected chi connectivity index (χ3v) is 4.67. The Labute approximate surface area is 100 Å². The van der Waals surface area contributed by atoms with E-state index in [4.69, 9.17) is 4.74 Å². The Bertz CT molecular complexity index is 241. The summed E-state index contributed by atoms with van der Waals surface area (Å²) in [6.45, 7) is 10.2. The maximum Gasteiger partial charge on any atom is 0.0813 e. The van der Waals surface area contributed by atoms with Crippen LogP contribution in [-0.2, 0) is 4.74 Å². The smallest absolute Gasteiger partial charge is 0.0813 e. The molecule has 1 aliphatic carbocycles. The van der Waals surface area contributed by atoms with E-state index in [1.54, 1.807) is 0 Å². The van der Waals surface area contributed by atoms with Gasteiger partial charge in [-0.15, -0.1) is 0 Å². The van der Waals surface area contributed by atoms with Crippen LogP contribution in [0.15, 0.2) is 0 Å². The summed E-state index contributed by atoms with van der Waals surface area (Å²) in [5.41, 5.74) is 0.152. The molecule has 1 saturated carbocycles. The molecule has 0 bridgehead atoms. The van der Waals surface area contributed by atoms with Crippen LogP contribution in [-0.4, -0.2) is 24.3 Å². The number of hydrogen-bond donors (Lipinski definition) is 1. The van der Waals surface area contributed by atoms with E-state index in [0.29, 0.717) is 12.1 Å². The molecule has 1 saturated heterocycles. The van der Waals surface area contributed by atoms with Gasteiger partial charge < -0.3 is 10.1 Å². The topological polar surface area (TPSA) is 21.3 Å². The molecule has 4 atom stereocenters. The Hall–Kier alpha value is -0.0800. The number of nitrogens with one attached hydrogen (secondary N) is 1. The lowest BCUT2D eigenvalue weighted by Crippen LogP contribution is -2.59. The zero-order valence-electron chi connectivity index (χ0n) is 11.3. The van der Waals surface area contributed by atoms with Crippen molar-refractivity contribution in [3.05, 3.63) is 0 Å². The summed E-state index contributed by atoms with van der Waals surface area (Å²) in [7, 11) is 0. The predicted molar refractivity (Wildman–Crippen MR) is 67.5 cm³/mol. The number of ether oxygens (including phenoxy) is 1. The highest BCUT2D eigenvalue weighted by Gasteiger charge is 2.42. The Kier molecular flexibility index (Phi) is 3.60. The van der Waals surface area contributed by atoms with Crippen LogP contribution in [0.3, 0.4) is 0 Å². The quantitative estimate of drug-likeness (QED) is 0.741. The number of rotatable bonds is 1. The summed E-state index contributed by atoms with van der Waals surface area (Å²) in [5.74, 6) is 1.66. The van der Waals surface area contributed by atoms with Crippen LogP contribution >= 0.6 is 0 Å². The first-order chi connectivity index (χ1) is 7.52. The van der Waals surface area contributed by atoms with E-state index < -0.39 is 0 Å². The van der Waals surface area contributed by atoms with Gasteiger partial charge in [0.25, 0.3) is 0 Å². The number of morpholine rings is 1. The van der Waals surface area contributed by atoms with Crippen molar-refractivity contribution >= 4 is 0 Å². The third-order valence-electron chi connectivity index (χ3n) is 4.67. The molecule has 2 nitrogen and oxygen atoms in total. The minimum absolute atomic E-state index is 0.152. The second kappa shape index (κ2) is 4.66. The lowest BCUT2D eigenvalue weighted by molar-refractivity contribution is -0.152. The van der Waals surface area contributed by atoms with E-state index >= 15 is 0 Å². The molecule has 1 aliphatic heterocycles. The normalized spacial score (nSPS) is 45.2. The van der Waals surface area contributed by atoms with Crippen LogP contribution in [0, 0.1) is 11.8 Å². The van der Waals surface area contributed by atoms with Crippen molar-refractivity contribution in [2.24, 2.45) is 11.8 Å². The second-order valence-corrected chi connectivity index (χ2v) is 6.28. The molecule has 2 aliphatic rings. The molecular weight excluding hydrogens is 198 g/mol. The SMILES string of the molecule is CC(C)C1CCCC2(CNC(C)C(C)O2)C1. The molecule has 0 amide bonds. The first kappa shape index (κ1) is 12.4. The molecule has 0 aromatic heterocycles. The van der Waals surface area contributed by atoms with Gasteiger partial charge in [-0.25, -0.2) is 0 Å². The molecule has 1 N–H and O–H groups in total. The number of hydrogen-bond acceptors (Lipinski definition) is 2. The Morgan fingerprint density at radius 3 is 2.69 bits per heavy atom. The van der Waals surface area contributed by atoms with Crippen LogP contribution in [0.1, 0.15) is 53.4 Å². The van der Waals surface area contributed by atoms with E-state index in [1.807, 2.05) is 0 Å².